The van der Waals surface area contributed by atoms with Crippen LogP contribution in [0.1, 0.15) is 11.3 Å². The van der Waals surface area contributed by atoms with Gasteiger partial charge in [-0.15, -0.1) is 0 Å². The molecule has 24 heavy (non-hydrogen) atoms. The third-order valence-electron chi connectivity index (χ3n) is 3.37. The largest absolute Gasteiger partial charge is 0.417 e. The number of nitro groups is 1. The minimum atomic E-state index is -4.45. The Labute approximate surface area is 141 Å². The molecule has 3 aromatic rings. The fourth-order valence-electron chi connectivity index (χ4n) is 2.28. The summed E-state index contributed by atoms with van der Waals surface area (Å²) in [5.74, 6) is 0. The number of alkyl halides is 3. The third kappa shape index (κ3) is 2.96. The van der Waals surface area contributed by atoms with E-state index in [9.17, 15) is 23.3 Å². The van der Waals surface area contributed by atoms with E-state index in [1.54, 1.807) is 6.07 Å². The number of benzene rings is 1. The molecule has 0 bridgehead atoms. The van der Waals surface area contributed by atoms with Gasteiger partial charge in [-0.2, -0.15) is 18.3 Å². The predicted octanol–water partition coefficient (Wildman–Crippen LogP) is 4.17. The van der Waals surface area contributed by atoms with Gasteiger partial charge in [0.25, 0.3) is 5.69 Å². The van der Waals surface area contributed by atoms with Crippen LogP contribution >= 0.6 is 15.9 Å². The number of nitrogens with zero attached hydrogens (tertiary/aromatic N) is 4. The molecule has 0 saturated carbocycles. The van der Waals surface area contributed by atoms with Crippen molar-refractivity contribution in [3.05, 3.63) is 62.5 Å². The lowest BCUT2D eigenvalue weighted by Gasteiger charge is -2.07. The fourth-order valence-corrected chi connectivity index (χ4v) is 2.87. The SMILES string of the molecule is O=[N+]([O-])c1cccc2c1c(Br)nn2Cc1ccc(C(F)(F)F)cn1. The summed E-state index contributed by atoms with van der Waals surface area (Å²) in [6, 6.07) is 6.71. The van der Waals surface area contributed by atoms with Crippen LogP contribution in [0.4, 0.5) is 18.9 Å². The summed E-state index contributed by atoms with van der Waals surface area (Å²) in [6.07, 6.45) is -3.70. The van der Waals surface area contributed by atoms with Crippen LogP contribution in [0.15, 0.2) is 41.1 Å². The maximum atomic E-state index is 12.6. The molecule has 0 aliphatic carbocycles. The van der Waals surface area contributed by atoms with E-state index in [2.05, 4.69) is 26.0 Å². The highest BCUT2D eigenvalue weighted by atomic mass is 79.9. The summed E-state index contributed by atoms with van der Waals surface area (Å²) in [5, 5.41) is 15.6. The molecule has 0 unspecified atom stereocenters. The highest BCUT2D eigenvalue weighted by Crippen LogP contribution is 2.32. The van der Waals surface area contributed by atoms with Gasteiger partial charge >= 0.3 is 6.18 Å². The van der Waals surface area contributed by atoms with Crippen LogP contribution in [-0.4, -0.2) is 19.7 Å². The molecule has 0 saturated heterocycles. The average Bonchev–Trinajstić information content (AvgIpc) is 2.83. The lowest BCUT2D eigenvalue weighted by atomic mass is 10.2. The van der Waals surface area contributed by atoms with Crippen LogP contribution in [0.25, 0.3) is 10.9 Å². The van der Waals surface area contributed by atoms with Crippen molar-refractivity contribution in [2.24, 2.45) is 0 Å². The van der Waals surface area contributed by atoms with E-state index in [0.717, 1.165) is 12.3 Å². The maximum absolute atomic E-state index is 12.6. The first kappa shape index (κ1) is 16.4. The van der Waals surface area contributed by atoms with Crippen molar-refractivity contribution in [3.8, 4) is 0 Å². The summed E-state index contributed by atoms with van der Waals surface area (Å²) in [4.78, 5) is 14.4. The minimum absolute atomic E-state index is 0.0847. The Kier molecular flexibility index (Phi) is 3.99. The van der Waals surface area contributed by atoms with Gasteiger partial charge in [-0.25, -0.2) is 0 Å². The second kappa shape index (κ2) is 5.86. The van der Waals surface area contributed by atoms with E-state index in [1.165, 1.54) is 22.9 Å². The van der Waals surface area contributed by atoms with Crippen molar-refractivity contribution < 1.29 is 18.1 Å². The smallest absolute Gasteiger partial charge is 0.259 e. The molecular weight excluding hydrogens is 393 g/mol. The Morgan fingerprint density at radius 1 is 1.25 bits per heavy atom. The van der Waals surface area contributed by atoms with Crippen LogP contribution < -0.4 is 0 Å². The highest BCUT2D eigenvalue weighted by molar-refractivity contribution is 9.10. The lowest BCUT2D eigenvalue weighted by molar-refractivity contribution is -0.383. The van der Waals surface area contributed by atoms with Crippen molar-refractivity contribution in [1.82, 2.24) is 14.8 Å². The number of nitro benzene ring substituents is 1. The molecule has 0 aliphatic rings. The number of hydrogen-bond donors (Lipinski definition) is 0. The van der Waals surface area contributed by atoms with Crippen molar-refractivity contribution in [3.63, 3.8) is 0 Å². The zero-order chi connectivity index (χ0) is 17.5. The first-order valence-electron chi connectivity index (χ1n) is 6.59. The van der Waals surface area contributed by atoms with Crippen molar-refractivity contribution in [2.75, 3.05) is 0 Å². The topological polar surface area (TPSA) is 73.8 Å². The summed E-state index contributed by atoms with van der Waals surface area (Å²) >= 11 is 3.18. The van der Waals surface area contributed by atoms with Crippen LogP contribution in [0.5, 0.6) is 0 Å². The van der Waals surface area contributed by atoms with Crippen molar-refractivity contribution in [2.45, 2.75) is 12.7 Å². The molecule has 6 nitrogen and oxygen atoms in total. The van der Waals surface area contributed by atoms with E-state index in [4.69, 9.17) is 0 Å². The number of halogens is 4. The van der Waals surface area contributed by atoms with E-state index >= 15 is 0 Å². The van der Waals surface area contributed by atoms with Gasteiger partial charge in [0.05, 0.1) is 28.2 Å². The summed E-state index contributed by atoms with van der Waals surface area (Å²) in [7, 11) is 0. The first-order chi connectivity index (χ1) is 11.3. The van der Waals surface area contributed by atoms with Gasteiger partial charge in [0.15, 0.2) is 0 Å². The molecule has 0 aliphatic heterocycles. The molecule has 0 spiro atoms. The Bertz CT molecular complexity index is 922. The minimum Gasteiger partial charge on any atom is -0.259 e. The molecule has 2 heterocycles. The van der Waals surface area contributed by atoms with Crippen molar-refractivity contribution in [1.29, 1.82) is 0 Å². The predicted molar refractivity (Wildman–Crippen MR) is 82.4 cm³/mol. The van der Waals surface area contributed by atoms with Gasteiger partial charge in [-0.1, -0.05) is 6.07 Å². The molecule has 124 valence electrons. The van der Waals surface area contributed by atoms with E-state index in [-0.39, 0.29) is 16.8 Å². The van der Waals surface area contributed by atoms with E-state index in [1.807, 2.05) is 0 Å². The molecule has 0 radical (unpaired) electrons. The molecule has 0 fully saturated rings. The number of non-ortho nitro benzene ring substituents is 1. The maximum Gasteiger partial charge on any atom is 0.417 e. The summed E-state index contributed by atoms with van der Waals surface area (Å²) in [5.41, 5.74) is -0.108. The molecule has 1 aromatic carbocycles. The summed E-state index contributed by atoms with van der Waals surface area (Å²) < 4.78 is 39.4. The van der Waals surface area contributed by atoms with Crippen LogP contribution in [0.2, 0.25) is 0 Å². The van der Waals surface area contributed by atoms with Gasteiger partial charge in [-0.3, -0.25) is 19.8 Å². The Balaban J connectivity index is 1.99. The number of pyridine rings is 1. The zero-order valence-electron chi connectivity index (χ0n) is 11.8. The Morgan fingerprint density at radius 2 is 2.00 bits per heavy atom. The molecular formula is C14H8BrF3N4O2. The monoisotopic (exact) mass is 400 g/mol. The number of rotatable bonds is 3. The molecule has 2 aromatic heterocycles. The van der Waals surface area contributed by atoms with Crippen molar-refractivity contribution >= 4 is 32.5 Å². The Hall–Kier alpha value is -2.49. The number of fused-ring (bicyclic) bond motifs is 1. The second-order valence-electron chi connectivity index (χ2n) is 4.91. The fraction of sp³-hybridized carbons (Fsp3) is 0.143. The molecule has 0 N–H and O–H groups in total. The standard InChI is InChI=1S/C14H8BrF3N4O2/c15-13-12-10(2-1-3-11(12)22(23)24)21(20-13)7-9-5-4-8(6-19-9)14(16,17)18/h1-6H,7H2. The molecule has 10 heteroatoms. The normalized spacial score (nSPS) is 11.8. The average molecular weight is 401 g/mol. The Morgan fingerprint density at radius 3 is 2.58 bits per heavy atom. The lowest BCUT2D eigenvalue weighted by Crippen LogP contribution is -2.08. The first-order valence-corrected chi connectivity index (χ1v) is 7.38. The van der Waals surface area contributed by atoms with Gasteiger partial charge in [-0.05, 0) is 34.1 Å². The van der Waals surface area contributed by atoms with Gasteiger partial charge in [0.1, 0.15) is 9.99 Å². The van der Waals surface area contributed by atoms with Crippen LogP contribution in [0, 0.1) is 10.1 Å². The van der Waals surface area contributed by atoms with E-state index in [0.29, 0.717) is 16.6 Å². The van der Waals surface area contributed by atoms with Crippen LogP contribution in [-0.2, 0) is 12.7 Å². The van der Waals surface area contributed by atoms with Gasteiger partial charge in [0, 0.05) is 12.3 Å². The highest BCUT2D eigenvalue weighted by Gasteiger charge is 2.30. The molecule has 0 atom stereocenters. The summed E-state index contributed by atoms with van der Waals surface area (Å²) in [6.45, 7) is 0.0847. The quantitative estimate of drug-likeness (QED) is 0.488. The number of hydrogen-bond acceptors (Lipinski definition) is 4. The molecule has 3 rings (SSSR count). The third-order valence-corrected chi connectivity index (χ3v) is 3.93. The van der Waals surface area contributed by atoms with E-state index < -0.39 is 16.7 Å². The molecule has 0 amide bonds. The second-order valence-corrected chi connectivity index (χ2v) is 5.66. The van der Waals surface area contributed by atoms with Gasteiger partial charge < -0.3 is 0 Å². The zero-order valence-corrected chi connectivity index (χ0v) is 13.4. The van der Waals surface area contributed by atoms with Crippen LogP contribution in [0.3, 0.4) is 0 Å². The van der Waals surface area contributed by atoms with Gasteiger partial charge in [0.2, 0.25) is 0 Å². The number of aromatic nitrogens is 3.